The number of halogens is 5. The van der Waals surface area contributed by atoms with Crippen molar-refractivity contribution in [3.63, 3.8) is 0 Å². The SMILES string of the molecule is Cc1ccc(Br)c(-c2ccc(OC(F)(F)F)cc2Br)c1. The third kappa shape index (κ3) is 3.76. The molecule has 0 saturated heterocycles. The molecule has 106 valence electrons. The predicted molar refractivity (Wildman–Crippen MR) is 78.7 cm³/mol. The molecule has 0 fully saturated rings. The van der Waals surface area contributed by atoms with E-state index in [2.05, 4.69) is 36.6 Å². The first kappa shape index (κ1) is 15.4. The van der Waals surface area contributed by atoms with E-state index in [4.69, 9.17) is 0 Å². The van der Waals surface area contributed by atoms with E-state index in [1.165, 1.54) is 12.1 Å². The maximum absolute atomic E-state index is 12.2. The van der Waals surface area contributed by atoms with Gasteiger partial charge in [-0.3, -0.25) is 0 Å². The number of rotatable bonds is 2. The summed E-state index contributed by atoms with van der Waals surface area (Å²) in [6.07, 6.45) is -4.69. The van der Waals surface area contributed by atoms with Crippen molar-refractivity contribution in [2.75, 3.05) is 0 Å². The van der Waals surface area contributed by atoms with Crippen LogP contribution in [0.1, 0.15) is 5.56 Å². The molecule has 2 aromatic rings. The third-order valence-electron chi connectivity index (χ3n) is 2.59. The lowest BCUT2D eigenvalue weighted by molar-refractivity contribution is -0.274. The van der Waals surface area contributed by atoms with E-state index in [0.29, 0.717) is 4.47 Å². The maximum Gasteiger partial charge on any atom is 0.573 e. The summed E-state index contributed by atoms with van der Waals surface area (Å²) in [7, 11) is 0. The van der Waals surface area contributed by atoms with Crippen molar-refractivity contribution in [1.82, 2.24) is 0 Å². The van der Waals surface area contributed by atoms with E-state index >= 15 is 0 Å². The van der Waals surface area contributed by atoms with Gasteiger partial charge in [-0.05, 0) is 42.3 Å². The molecule has 0 radical (unpaired) electrons. The zero-order valence-electron chi connectivity index (χ0n) is 10.3. The van der Waals surface area contributed by atoms with Gasteiger partial charge >= 0.3 is 6.36 Å². The Bertz CT molecular complexity index is 639. The number of benzene rings is 2. The lowest BCUT2D eigenvalue weighted by Gasteiger charge is -2.12. The predicted octanol–water partition coefficient (Wildman–Crippen LogP) is 6.09. The molecule has 6 heteroatoms. The van der Waals surface area contributed by atoms with Gasteiger partial charge in [-0.25, -0.2) is 0 Å². The quantitative estimate of drug-likeness (QED) is 0.583. The highest BCUT2D eigenvalue weighted by Crippen LogP contribution is 2.37. The largest absolute Gasteiger partial charge is 0.573 e. The van der Waals surface area contributed by atoms with Crippen LogP contribution in [0.5, 0.6) is 5.75 Å². The number of alkyl halides is 3. The van der Waals surface area contributed by atoms with Crippen LogP contribution in [-0.2, 0) is 0 Å². The van der Waals surface area contributed by atoms with Gasteiger partial charge < -0.3 is 4.74 Å². The van der Waals surface area contributed by atoms with Crippen LogP contribution in [0.4, 0.5) is 13.2 Å². The molecule has 0 aliphatic rings. The Morgan fingerprint density at radius 3 is 2.20 bits per heavy atom. The van der Waals surface area contributed by atoms with Gasteiger partial charge in [-0.2, -0.15) is 0 Å². The Morgan fingerprint density at radius 1 is 0.900 bits per heavy atom. The molecule has 0 amide bonds. The Morgan fingerprint density at radius 2 is 1.60 bits per heavy atom. The highest BCUT2D eigenvalue weighted by atomic mass is 79.9. The number of ether oxygens (including phenoxy) is 1. The van der Waals surface area contributed by atoms with Crippen molar-refractivity contribution in [3.05, 3.63) is 50.9 Å². The van der Waals surface area contributed by atoms with Crippen molar-refractivity contribution >= 4 is 31.9 Å². The fourth-order valence-corrected chi connectivity index (χ4v) is 2.79. The molecule has 0 N–H and O–H groups in total. The molecule has 2 rings (SSSR count). The molecule has 0 aliphatic carbocycles. The Hall–Kier alpha value is -1.01. The van der Waals surface area contributed by atoms with Gasteiger partial charge in [0.05, 0.1) is 0 Å². The minimum absolute atomic E-state index is 0.253. The average molecular weight is 410 g/mol. The van der Waals surface area contributed by atoms with Gasteiger partial charge in [0.2, 0.25) is 0 Å². The van der Waals surface area contributed by atoms with Crippen LogP contribution in [0.15, 0.2) is 45.3 Å². The smallest absolute Gasteiger partial charge is 0.406 e. The van der Waals surface area contributed by atoms with Crippen molar-refractivity contribution in [1.29, 1.82) is 0 Å². The summed E-state index contributed by atoms with van der Waals surface area (Å²) >= 11 is 6.72. The number of hydrogen-bond donors (Lipinski definition) is 0. The Labute approximate surface area is 131 Å². The van der Waals surface area contributed by atoms with Crippen molar-refractivity contribution < 1.29 is 17.9 Å². The first-order valence-corrected chi connectivity index (χ1v) is 7.17. The first-order chi connectivity index (χ1) is 9.26. The average Bonchev–Trinajstić information content (AvgIpc) is 2.31. The molecule has 0 saturated carbocycles. The van der Waals surface area contributed by atoms with Crippen LogP contribution >= 0.6 is 31.9 Å². The topological polar surface area (TPSA) is 9.23 Å². The maximum atomic E-state index is 12.2. The number of aryl methyl sites for hydroxylation is 1. The highest BCUT2D eigenvalue weighted by molar-refractivity contribution is 9.11. The minimum atomic E-state index is -4.69. The summed E-state index contributed by atoms with van der Waals surface area (Å²) in [5.41, 5.74) is 2.75. The molecule has 0 aromatic heterocycles. The molecule has 0 aliphatic heterocycles. The van der Waals surface area contributed by atoms with Crippen molar-refractivity contribution in [3.8, 4) is 16.9 Å². The van der Waals surface area contributed by atoms with E-state index in [1.807, 2.05) is 25.1 Å². The fourth-order valence-electron chi connectivity index (χ4n) is 1.76. The molecule has 0 heterocycles. The van der Waals surface area contributed by atoms with Crippen molar-refractivity contribution in [2.24, 2.45) is 0 Å². The zero-order chi connectivity index (χ0) is 14.9. The molecule has 1 nitrogen and oxygen atoms in total. The van der Waals surface area contributed by atoms with E-state index in [0.717, 1.165) is 21.2 Å². The van der Waals surface area contributed by atoms with Crippen LogP contribution < -0.4 is 4.74 Å². The van der Waals surface area contributed by atoms with E-state index in [1.54, 1.807) is 6.07 Å². The van der Waals surface area contributed by atoms with Crippen LogP contribution in [0.25, 0.3) is 11.1 Å². The molecule has 0 atom stereocenters. The standard InChI is InChI=1S/C14H9Br2F3O/c1-8-2-5-12(15)11(6-8)10-4-3-9(7-13(10)16)20-14(17,18)19/h2-7H,1H3. The molecule has 0 bridgehead atoms. The third-order valence-corrected chi connectivity index (χ3v) is 3.93. The lowest BCUT2D eigenvalue weighted by Crippen LogP contribution is -2.17. The van der Waals surface area contributed by atoms with Gasteiger partial charge in [0.25, 0.3) is 0 Å². The van der Waals surface area contributed by atoms with Gasteiger partial charge in [0.15, 0.2) is 0 Å². The second-order valence-electron chi connectivity index (χ2n) is 4.17. The summed E-state index contributed by atoms with van der Waals surface area (Å²) in [6.45, 7) is 1.95. The summed E-state index contributed by atoms with van der Waals surface area (Å²) < 4.78 is 41.8. The van der Waals surface area contributed by atoms with Crippen LogP contribution in [-0.4, -0.2) is 6.36 Å². The molecular weight excluding hydrogens is 401 g/mol. The molecule has 0 unspecified atom stereocenters. The van der Waals surface area contributed by atoms with E-state index in [-0.39, 0.29) is 5.75 Å². The van der Waals surface area contributed by atoms with Crippen LogP contribution in [0, 0.1) is 6.92 Å². The fraction of sp³-hybridized carbons (Fsp3) is 0.143. The van der Waals surface area contributed by atoms with E-state index in [9.17, 15) is 13.2 Å². The first-order valence-electron chi connectivity index (χ1n) is 5.58. The molecule has 20 heavy (non-hydrogen) atoms. The van der Waals surface area contributed by atoms with Gasteiger partial charge in [0.1, 0.15) is 5.75 Å². The van der Waals surface area contributed by atoms with E-state index < -0.39 is 6.36 Å². The lowest BCUT2D eigenvalue weighted by atomic mass is 10.0. The van der Waals surface area contributed by atoms with Crippen LogP contribution in [0.3, 0.4) is 0 Å². The second kappa shape index (κ2) is 5.77. The second-order valence-corrected chi connectivity index (χ2v) is 5.88. The molecular formula is C14H9Br2F3O. The number of hydrogen-bond acceptors (Lipinski definition) is 1. The van der Waals surface area contributed by atoms with Crippen molar-refractivity contribution in [2.45, 2.75) is 13.3 Å². The monoisotopic (exact) mass is 408 g/mol. The van der Waals surface area contributed by atoms with Gasteiger partial charge in [-0.1, -0.05) is 49.6 Å². The summed E-state index contributed by atoms with van der Waals surface area (Å²) in [4.78, 5) is 0. The summed E-state index contributed by atoms with van der Waals surface area (Å²) in [5, 5.41) is 0. The minimum Gasteiger partial charge on any atom is -0.406 e. The van der Waals surface area contributed by atoms with Gasteiger partial charge in [0, 0.05) is 8.95 Å². The Balaban J connectivity index is 2.42. The Kier molecular flexibility index (Phi) is 4.44. The van der Waals surface area contributed by atoms with Gasteiger partial charge in [-0.15, -0.1) is 13.2 Å². The molecule has 2 aromatic carbocycles. The summed E-state index contributed by atoms with van der Waals surface area (Å²) in [6, 6.07) is 9.99. The highest BCUT2D eigenvalue weighted by Gasteiger charge is 2.31. The normalized spacial score (nSPS) is 11.5. The van der Waals surface area contributed by atoms with Crippen LogP contribution in [0.2, 0.25) is 0 Å². The zero-order valence-corrected chi connectivity index (χ0v) is 13.4. The molecule has 0 spiro atoms. The summed E-state index contributed by atoms with van der Waals surface area (Å²) in [5.74, 6) is -0.253.